The average molecular weight is 558 g/mol. The fourth-order valence-corrected chi connectivity index (χ4v) is 4.27. The van der Waals surface area contributed by atoms with E-state index in [0.717, 1.165) is 5.56 Å². The Hall–Kier alpha value is -3.69. The third-order valence-electron chi connectivity index (χ3n) is 5.18. The molecule has 1 aliphatic heterocycles. The molecule has 178 valence electrons. The van der Waals surface area contributed by atoms with Crippen LogP contribution in [-0.2, 0) is 16.1 Å². The lowest BCUT2D eigenvalue weighted by atomic mass is 10.1. The number of ether oxygens (including phenoxy) is 3. The lowest BCUT2D eigenvalue weighted by Gasteiger charge is -2.14. The molecule has 1 heterocycles. The van der Waals surface area contributed by atoms with Crippen molar-refractivity contribution in [2.75, 3.05) is 7.11 Å². The number of carbonyl (C=O) groups excluding carboxylic acids is 1. The Kier molecular flexibility index (Phi) is 7.18. The number of halogens is 2. The Labute approximate surface area is 214 Å². The van der Waals surface area contributed by atoms with Crippen LogP contribution in [0.3, 0.4) is 0 Å². The molecule has 0 saturated carbocycles. The molecule has 0 atom stereocenters. The van der Waals surface area contributed by atoms with Gasteiger partial charge in [-0.25, -0.2) is 9.79 Å². The number of rotatable bonds is 7. The highest BCUT2D eigenvalue weighted by Gasteiger charge is 2.27. The lowest BCUT2D eigenvalue weighted by Crippen LogP contribution is -2.08. The fourth-order valence-electron chi connectivity index (χ4n) is 3.48. The molecule has 10 heteroatoms. The number of benzene rings is 3. The average Bonchev–Trinajstić information content (AvgIpc) is 3.17. The third kappa shape index (κ3) is 5.36. The van der Waals surface area contributed by atoms with Crippen LogP contribution in [0.2, 0.25) is 5.02 Å². The van der Waals surface area contributed by atoms with Gasteiger partial charge in [-0.3, -0.25) is 10.1 Å². The van der Waals surface area contributed by atoms with E-state index in [1.54, 1.807) is 31.2 Å². The maximum atomic E-state index is 12.5. The minimum absolute atomic E-state index is 0.00922. The molecule has 3 aromatic rings. The molecule has 0 fully saturated rings. The van der Waals surface area contributed by atoms with E-state index in [-0.39, 0.29) is 23.9 Å². The predicted octanol–water partition coefficient (Wildman–Crippen LogP) is 6.25. The van der Waals surface area contributed by atoms with Crippen molar-refractivity contribution in [3.63, 3.8) is 0 Å². The summed E-state index contributed by atoms with van der Waals surface area (Å²) in [7, 11) is 1.51. The van der Waals surface area contributed by atoms with Crippen molar-refractivity contribution in [1.82, 2.24) is 0 Å². The van der Waals surface area contributed by atoms with E-state index in [4.69, 9.17) is 25.8 Å². The van der Waals surface area contributed by atoms with Crippen molar-refractivity contribution in [3.8, 4) is 11.5 Å². The van der Waals surface area contributed by atoms with Crippen molar-refractivity contribution in [3.05, 3.63) is 102 Å². The van der Waals surface area contributed by atoms with Crippen LogP contribution in [0, 0.1) is 17.0 Å². The second-order valence-electron chi connectivity index (χ2n) is 7.50. The summed E-state index contributed by atoms with van der Waals surface area (Å²) >= 11 is 9.53. The first kappa shape index (κ1) is 24.4. The summed E-state index contributed by atoms with van der Waals surface area (Å²) in [6, 6.07) is 15.3. The molecule has 1 aliphatic rings. The predicted molar refractivity (Wildman–Crippen MR) is 135 cm³/mol. The van der Waals surface area contributed by atoms with Gasteiger partial charge in [0.05, 0.1) is 16.5 Å². The van der Waals surface area contributed by atoms with Crippen molar-refractivity contribution in [2.24, 2.45) is 4.99 Å². The Morgan fingerprint density at radius 1 is 1.20 bits per heavy atom. The second kappa shape index (κ2) is 10.3. The van der Waals surface area contributed by atoms with E-state index >= 15 is 0 Å². The molecular weight excluding hydrogens is 540 g/mol. The van der Waals surface area contributed by atoms with Crippen LogP contribution in [0.15, 0.2) is 69.8 Å². The monoisotopic (exact) mass is 556 g/mol. The Balaban J connectivity index is 1.62. The molecule has 35 heavy (non-hydrogen) atoms. The molecule has 0 aromatic heterocycles. The number of hydrogen-bond acceptors (Lipinski definition) is 7. The molecule has 8 nitrogen and oxygen atoms in total. The van der Waals surface area contributed by atoms with Gasteiger partial charge in [0.25, 0.3) is 5.69 Å². The molecule has 0 unspecified atom stereocenters. The summed E-state index contributed by atoms with van der Waals surface area (Å²) in [6.45, 7) is 1.86. The summed E-state index contributed by atoms with van der Waals surface area (Å²) in [5, 5.41) is 11.8. The zero-order valence-electron chi connectivity index (χ0n) is 18.6. The highest BCUT2D eigenvalue weighted by atomic mass is 79.9. The fraction of sp³-hybridized carbons (Fsp3) is 0.120. The van der Waals surface area contributed by atoms with Gasteiger partial charge in [0.1, 0.15) is 6.61 Å². The van der Waals surface area contributed by atoms with Gasteiger partial charge in [0.15, 0.2) is 17.2 Å². The molecule has 0 spiro atoms. The van der Waals surface area contributed by atoms with Gasteiger partial charge in [-0.2, -0.15) is 0 Å². The van der Waals surface area contributed by atoms with Gasteiger partial charge in [0, 0.05) is 22.2 Å². The maximum absolute atomic E-state index is 12.5. The summed E-state index contributed by atoms with van der Waals surface area (Å²) in [6.07, 6.45) is 1.54. The van der Waals surface area contributed by atoms with E-state index in [1.807, 2.05) is 18.2 Å². The molecule has 0 bridgehead atoms. The Morgan fingerprint density at radius 3 is 2.69 bits per heavy atom. The Morgan fingerprint density at radius 2 is 1.97 bits per heavy atom. The number of aliphatic imine (C=N–C) groups is 1. The number of carbonyl (C=O) groups is 1. The number of nitro groups is 1. The number of hydrogen-bond donors (Lipinski definition) is 0. The van der Waals surface area contributed by atoms with Gasteiger partial charge in [-0.05, 0) is 70.4 Å². The summed E-state index contributed by atoms with van der Waals surface area (Å²) < 4.78 is 17.3. The summed E-state index contributed by atoms with van der Waals surface area (Å²) in [4.78, 5) is 27.5. The van der Waals surface area contributed by atoms with Crippen LogP contribution >= 0.6 is 27.5 Å². The molecule has 0 N–H and O–H groups in total. The van der Waals surface area contributed by atoms with Crippen molar-refractivity contribution in [2.45, 2.75) is 13.5 Å². The smallest absolute Gasteiger partial charge is 0.363 e. The van der Waals surface area contributed by atoms with E-state index in [9.17, 15) is 14.9 Å². The number of nitro benzene ring substituents is 1. The molecule has 3 aromatic carbocycles. The van der Waals surface area contributed by atoms with Crippen LogP contribution < -0.4 is 9.47 Å². The van der Waals surface area contributed by atoms with Crippen LogP contribution in [0.1, 0.15) is 22.3 Å². The highest BCUT2D eigenvalue weighted by Crippen LogP contribution is 2.38. The quantitative estimate of drug-likeness (QED) is 0.147. The van der Waals surface area contributed by atoms with Gasteiger partial charge < -0.3 is 14.2 Å². The standard InChI is InChI=1S/C25H18BrClN2O6/c1-14-18(7-4-8-21(14)29(31)32)24-28-20(25(30)35-24)11-16-10-19(26)23(22(12-16)33-2)34-13-15-5-3-6-17(27)9-15/h3-12H,13H2,1-2H3/b20-11-. The molecule has 0 radical (unpaired) electrons. The normalized spacial score (nSPS) is 14.0. The van der Waals surface area contributed by atoms with Gasteiger partial charge in [-0.15, -0.1) is 0 Å². The van der Waals surface area contributed by atoms with E-state index in [2.05, 4.69) is 20.9 Å². The first-order valence-corrected chi connectivity index (χ1v) is 11.5. The van der Waals surface area contributed by atoms with E-state index in [0.29, 0.717) is 37.7 Å². The Bertz CT molecular complexity index is 1400. The minimum atomic E-state index is -0.665. The summed E-state index contributed by atoms with van der Waals surface area (Å²) in [5.41, 5.74) is 2.20. The van der Waals surface area contributed by atoms with Crippen LogP contribution in [0.5, 0.6) is 11.5 Å². The van der Waals surface area contributed by atoms with Crippen molar-refractivity contribution in [1.29, 1.82) is 0 Å². The minimum Gasteiger partial charge on any atom is -0.493 e. The van der Waals surface area contributed by atoms with Gasteiger partial charge >= 0.3 is 5.97 Å². The third-order valence-corrected chi connectivity index (χ3v) is 6.00. The molecular formula is C25H18BrClN2O6. The van der Waals surface area contributed by atoms with Crippen LogP contribution in [-0.4, -0.2) is 23.9 Å². The first-order valence-electron chi connectivity index (χ1n) is 10.3. The SMILES string of the molecule is COc1cc(/C=C2\N=C(c3cccc([N+](=O)[O-])c3C)OC2=O)cc(Br)c1OCc1cccc(Cl)c1. The van der Waals surface area contributed by atoms with Crippen molar-refractivity contribution < 1.29 is 23.9 Å². The highest BCUT2D eigenvalue weighted by molar-refractivity contribution is 9.10. The van der Waals surface area contributed by atoms with E-state index < -0.39 is 10.9 Å². The first-order chi connectivity index (χ1) is 16.8. The zero-order chi connectivity index (χ0) is 25.1. The van der Waals surface area contributed by atoms with E-state index in [1.165, 1.54) is 25.3 Å². The molecule has 0 aliphatic carbocycles. The lowest BCUT2D eigenvalue weighted by molar-refractivity contribution is -0.385. The molecule has 4 rings (SSSR count). The second-order valence-corrected chi connectivity index (χ2v) is 8.79. The van der Waals surface area contributed by atoms with Crippen LogP contribution in [0.25, 0.3) is 6.08 Å². The van der Waals surface area contributed by atoms with Crippen LogP contribution in [0.4, 0.5) is 5.69 Å². The van der Waals surface area contributed by atoms with Crippen molar-refractivity contribution >= 4 is 51.2 Å². The number of cyclic esters (lactones) is 1. The largest absolute Gasteiger partial charge is 0.493 e. The van der Waals surface area contributed by atoms with Gasteiger partial charge in [-0.1, -0.05) is 29.8 Å². The maximum Gasteiger partial charge on any atom is 0.363 e. The number of methoxy groups -OCH3 is 1. The summed E-state index contributed by atoms with van der Waals surface area (Å²) in [5.74, 6) is 0.274. The topological polar surface area (TPSA) is 100 Å². The zero-order valence-corrected chi connectivity index (χ0v) is 20.9. The number of esters is 1. The van der Waals surface area contributed by atoms with Gasteiger partial charge in [0.2, 0.25) is 5.90 Å². The molecule has 0 amide bonds. The number of nitrogens with zero attached hydrogens (tertiary/aromatic N) is 2. The molecule has 0 saturated heterocycles.